The van der Waals surface area contributed by atoms with Gasteiger partial charge in [0.05, 0.1) is 5.92 Å². The van der Waals surface area contributed by atoms with E-state index in [0.717, 1.165) is 25.8 Å². The monoisotopic (exact) mass is 352 g/mol. The lowest BCUT2D eigenvalue weighted by atomic mass is 9.98. The van der Waals surface area contributed by atoms with E-state index in [2.05, 4.69) is 5.32 Å². The first kappa shape index (κ1) is 18.7. The molecule has 5 nitrogen and oxygen atoms in total. The minimum absolute atomic E-state index is 0.0197. The number of hydrogen-bond donors (Lipinski definition) is 2. The summed E-state index contributed by atoms with van der Waals surface area (Å²) in [5.41, 5.74) is 1.18. The van der Waals surface area contributed by atoms with Crippen molar-refractivity contribution in [2.75, 3.05) is 19.6 Å². The second-order valence-electron chi connectivity index (χ2n) is 6.19. The molecule has 6 heteroatoms. The summed E-state index contributed by atoms with van der Waals surface area (Å²) >= 11 is 5.53. The van der Waals surface area contributed by atoms with Gasteiger partial charge >= 0.3 is 5.97 Å². The smallest absolute Gasteiger partial charge is 0.326 e. The molecule has 24 heavy (non-hydrogen) atoms. The Morgan fingerprint density at radius 1 is 1.21 bits per heavy atom. The minimum Gasteiger partial charge on any atom is -0.480 e. The second kappa shape index (κ2) is 9.64. The van der Waals surface area contributed by atoms with E-state index in [1.807, 2.05) is 30.3 Å². The number of rotatable bonds is 3. The van der Waals surface area contributed by atoms with Crippen molar-refractivity contribution in [2.24, 2.45) is 5.92 Å². The van der Waals surface area contributed by atoms with Crippen LogP contribution in [-0.2, 0) is 15.5 Å². The van der Waals surface area contributed by atoms with Crippen LogP contribution in [-0.4, -0.2) is 47.6 Å². The summed E-state index contributed by atoms with van der Waals surface area (Å²) < 4.78 is 0. The Morgan fingerprint density at radius 3 is 2.50 bits per heavy atom. The summed E-state index contributed by atoms with van der Waals surface area (Å²) in [6.07, 6.45) is 3.29. The van der Waals surface area contributed by atoms with Gasteiger partial charge in [-0.25, -0.2) is 4.79 Å². The fourth-order valence-corrected chi connectivity index (χ4v) is 3.33. The van der Waals surface area contributed by atoms with E-state index in [4.69, 9.17) is 16.7 Å². The molecule has 1 aromatic rings. The Labute approximate surface area is 148 Å². The molecule has 0 unspecified atom stereocenters. The average Bonchev–Trinajstić information content (AvgIpc) is 3.13. The molecule has 132 valence electrons. The van der Waals surface area contributed by atoms with Crippen LogP contribution in [0.5, 0.6) is 0 Å². The number of amides is 1. The van der Waals surface area contributed by atoms with E-state index in [1.54, 1.807) is 4.90 Å². The van der Waals surface area contributed by atoms with Gasteiger partial charge in [0.2, 0.25) is 5.91 Å². The molecule has 0 aliphatic carbocycles. The van der Waals surface area contributed by atoms with Gasteiger partial charge in [0.15, 0.2) is 0 Å². The van der Waals surface area contributed by atoms with E-state index >= 15 is 0 Å². The molecular weight excluding hydrogens is 328 g/mol. The topological polar surface area (TPSA) is 69.6 Å². The van der Waals surface area contributed by atoms with Crippen molar-refractivity contribution in [3.63, 3.8) is 0 Å². The molecule has 2 aliphatic heterocycles. The number of benzene rings is 1. The van der Waals surface area contributed by atoms with E-state index in [9.17, 15) is 9.59 Å². The van der Waals surface area contributed by atoms with E-state index in [1.165, 1.54) is 5.56 Å². The van der Waals surface area contributed by atoms with Crippen LogP contribution in [0.1, 0.15) is 31.2 Å². The fourth-order valence-electron chi connectivity index (χ4n) is 3.15. The summed E-state index contributed by atoms with van der Waals surface area (Å²) in [7, 11) is 0. The van der Waals surface area contributed by atoms with E-state index < -0.39 is 12.0 Å². The highest BCUT2D eigenvalue weighted by Crippen LogP contribution is 2.22. The second-order valence-corrected chi connectivity index (χ2v) is 6.46. The largest absolute Gasteiger partial charge is 0.480 e. The first-order valence-corrected chi connectivity index (χ1v) is 9.01. The third-order valence-electron chi connectivity index (χ3n) is 4.46. The number of alkyl halides is 1. The predicted molar refractivity (Wildman–Crippen MR) is 94.0 cm³/mol. The number of carboxylic acids is 1. The number of halogens is 1. The Kier molecular flexibility index (Phi) is 7.53. The van der Waals surface area contributed by atoms with Gasteiger partial charge in [0.1, 0.15) is 6.04 Å². The Morgan fingerprint density at radius 2 is 1.96 bits per heavy atom. The van der Waals surface area contributed by atoms with Crippen molar-refractivity contribution in [3.8, 4) is 0 Å². The standard InChI is InChI=1S/C11H18N2O3.C7H7Cl/c14-10(8-3-1-5-12-7-8)13-6-2-4-9(13)11(15)16;8-6-7-4-2-1-3-5-7/h8-9,12H,1-7H2,(H,15,16);1-5H,6H2/t8-,9+;/m0./s1. The third kappa shape index (κ3) is 5.21. The number of aliphatic carboxylic acids is 1. The predicted octanol–water partition coefficient (Wildman–Crippen LogP) is 2.49. The lowest BCUT2D eigenvalue weighted by molar-refractivity contribution is -0.150. The Bertz CT molecular complexity index is 532. The molecule has 2 fully saturated rings. The van der Waals surface area contributed by atoms with Crippen LogP contribution < -0.4 is 5.32 Å². The van der Waals surface area contributed by atoms with Crippen molar-refractivity contribution < 1.29 is 14.7 Å². The first-order valence-electron chi connectivity index (χ1n) is 8.47. The number of carbonyl (C=O) groups is 2. The summed E-state index contributed by atoms with van der Waals surface area (Å²) in [4.78, 5) is 24.7. The van der Waals surface area contributed by atoms with Gasteiger partial charge in [-0.1, -0.05) is 30.3 Å². The van der Waals surface area contributed by atoms with E-state index in [-0.39, 0.29) is 11.8 Å². The number of likely N-dealkylation sites (tertiary alicyclic amines) is 1. The molecule has 1 aromatic carbocycles. The molecule has 2 saturated heterocycles. The SMILES string of the molecule is ClCc1ccccc1.O=C(O)[C@H]1CCCN1C(=O)[C@H]1CCCNC1. The molecule has 0 bridgehead atoms. The Balaban J connectivity index is 0.000000219. The summed E-state index contributed by atoms with van der Waals surface area (Å²) in [6.45, 7) is 2.26. The highest BCUT2D eigenvalue weighted by Gasteiger charge is 2.37. The zero-order valence-electron chi connectivity index (χ0n) is 13.8. The zero-order chi connectivity index (χ0) is 17.4. The molecular formula is C18H25ClN2O3. The van der Waals surface area contributed by atoms with Crippen LogP contribution in [0.2, 0.25) is 0 Å². The lowest BCUT2D eigenvalue weighted by Crippen LogP contribution is -2.47. The summed E-state index contributed by atoms with van der Waals surface area (Å²) in [6, 6.07) is 9.38. The van der Waals surface area contributed by atoms with Gasteiger partial charge < -0.3 is 15.3 Å². The van der Waals surface area contributed by atoms with Crippen molar-refractivity contribution >= 4 is 23.5 Å². The van der Waals surface area contributed by atoms with Crippen LogP contribution in [0.25, 0.3) is 0 Å². The number of nitrogens with zero attached hydrogens (tertiary/aromatic N) is 1. The minimum atomic E-state index is -0.866. The van der Waals surface area contributed by atoms with Crippen LogP contribution in [0.3, 0.4) is 0 Å². The van der Waals surface area contributed by atoms with E-state index in [0.29, 0.717) is 25.4 Å². The number of hydrogen-bond acceptors (Lipinski definition) is 3. The highest BCUT2D eigenvalue weighted by molar-refractivity contribution is 6.17. The number of nitrogens with one attached hydrogen (secondary N) is 1. The third-order valence-corrected chi connectivity index (χ3v) is 4.77. The van der Waals surface area contributed by atoms with Crippen LogP contribution in [0.4, 0.5) is 0 Å². The highest BCUT2D eigenvalue weighted by atomic mass is 35.5. The average molecular weight is 353 g/mol. The first-order chi connectivity index (χ1) is 11.6. The molecule has 0 saturated carbocycles. The van der Waals surface area contributed by atoms with Crippen LogP contribution in [0.15, 0.2) is 30.3 Å². The molecule has 0 spiro atoms. The molecule has 2 aliphatic rings. The van der Waals surface area contributed by atoms with Gasteiger partial charge in [0, 0.05) is 19.0 Å². The summed E-state index contributed by atoms with van der Waals surface area (Å²) in [5.74, 6) is -0.249. The van der Waals surface area contributed by atoms with Crippen molar-refractivity contribution in [2.45, 2.75) is 37.6 Å². The van der Waals surface area contributed by atoms with Crippen molar-refractivity contribution in [3.05, 3.63) is 35.9 Å². The molecule has 1 amide bonds. The molecule has 0 aromatic heterocycles. The molecule has 2 atom stereocenters. The molecule has 2 N–H and O–H groups in total. The molecule has 2 heterocycles. The number of carboxylic acid groups (broad SMARTS) is 1. The van der Waals surface area contributed by atoms with Crippen LogP contribution in [0, 0.1) is 5.92 Å². The zero-order valence-corrected chi connectivity index (χ0v) is 14.5. The molecule has 0 radical (unpaired) electrons. The van der Waals surface area contributed by atoms with Crippen molar-refractivity contribution in [1.29, 1.82) is 0 Å². The van der Waals surface area contributed by atoms with Gasteiger partial charge in [-0.2, -0.15) is 0 Å². The van der Waals surface area contributed by atoms with Gasteiger partial charge in [-0.3, -0.25) is 4.79 Å². The summed E-state index contributed by atoms with van der Waals surface area (Å²) in [5, 5.41) is 12.2. The normalized spacial score (nSPS) is 23.3. The Hall–Kier alpha value is -1.59. The van der Waals surface area contributed by atoms with Gasteiger partial charge in [-0.15, -0.1) is 11.6 Å². The van der Waals surface area contributed by atoms with Gasteiger partial charge in [-0.05, 0) is 37.8 Å². The quantitative estimate of drug-likeness (QED) is 0.820. The van der Waals surface area contributed by atoms with Gasteiger partial charge in [0.25, 0.3) is 0 Å². The molecule has 3 rings (SSSR count). The number of carbonyl (C=O) groups excluding carboxylic acids is 1. The maximum absolute atomic E-state index is 12.1. The maximum Gasteiger partial charge on any atom is 0.326 e. The maximum atomic E-state index is 12.1. The van der Waals surface area contributed by atoms with Crippen molar-refractivity contribution in [1.82, 2.24) is 10.2 Å². The number of piperidine rings is 1. The van der Waals surface area contributed by atoms with Crippen LogP contribution >= 0.6 is 11.6 Å². The lowest BCUT2D eigenvalue weighted by Gasteiger charge is -2.29. The fraction of sp³-hybridized carbons (Fsp3) is 0.556.